The molecule has 0 fully saturated rings. The van der Waals surface area contributed by atoms with E-state index in [0.29, 0.717) is 29.4 Å². The number of carbonyl (C=O) groups excluding carboxylic acids is 2. The van der Waals surface area contributed by atoms with Gasteiger partial charge in [0.25, 0.3) is 0 Å². The normalized spacial score (nSPS) is 15.8. The van der Waals surface area contributed by atoms with Crippen LogP contribution >= 0.6 is 11.8 Å². The number of nitrogens with one attached hydrogen (secondary N) is 2. The maximum Gasteiger partial charge on any atom is 0.237 e. The van der Waals surface area contributed by atoms with Gasteiger partial charge in [0.2, 0.25) is 11.8 Å². The zero-order chi connectivity index (χ0) is 19.9. The number of rotatable bonds is 7. The van der Waals surface area contributed by atoms with Crippen LogP contribution < -0.4 is 20.1 Å². The minimum absolute atomic E-state index is 0.00665. The minimum Gasteiger partial charge on any atom is -0.497 e. The number of carbonyl (C=O) groups is 2. The Balaban J connectivity index is 1.50. The second-order valence-electron chi connectivity index (χ2n) is 6.41. The summed E-state index contributed by atoms with van der Waals surface area (Å²) in [6.45, 7) is 0. The van der Waals surface area contributed by atoms with E-state index >= 15 is 0 Å². The lowest BCUT2D eigenvalue weighted by atomic mass is 10.1. The van der Waals surface area contributed by atoms with Gasteiger partial charge in [-0.25, -0.2) is 0 Å². The monoisotopic (exact) mass is 400 g/mol. The van der Waals surface area contributed by atoms with Crippen molar-refractivity contribution in [2.24, 2.45) is 0 Å². The van der Waals surface area contributed by atoms with Crippen molar-refractivity contribution in [3.05, 3.63) is 48.0 Å². The molecule has 0 saturated heterocycles. The molecule has 1 atom stereocenters. The van der Waals surface area contributed by atoms with Gasteiger partial charge in [-0.15, -0.1) is 11.8 Å². The van der Waals surface area contributed by atoms with Gasteiger partial charge in [0, 0.05) is 23.9 Å². The third kappa shape index (κ3) is 4.98. The molecule has 6 nitrogen and oxygen atoms in total. The third-order valence-corrected chi connectivity index (χ3v) is 5.87. The summed E-state index contributed by atoms with van der Waals surface area (Å²) < 4.78 is 10.5. The number of benzene rings is 2. The molecule has 2 aromatic rings. The molecule has 0 radical (unpaired) electrons. The molecule has 2 N–H and O–H groups in total. The number of thioether (sulfide) groups is 1. The maximum atomic E-state index is 12.4. The van der Waals surface area contributed by atoms with Crippen LogP contribution in [-0.2, 0) is 16.0 Å². The fourth-order valence-corrected chi connectivity index (χ4v) is 4.14. The van der Waals surface area contributed by atoms with E-state index in [9.17, 15) is 9.59 Å². The second-order valence-corrected chi connectivity index (χ2v) is 7.72. The van der Waals surface area contributed by atoms with Crippen LogP contribution in [0, 0.1) is 0 Å². The van der Waals surface area contributed by atoms with Crippen LogP contribution in [0.2, 0.25) is 0 Å². The van der Waals surface area contributed by atoms with Gasteiger partial charge in [-0.1, -0.05) is 18.2 Å². The lowest BCUT2D eigenvalue weighted by Gasteiger charge is -2.14. The van der Waals surface area contributed by atoms with E-state index in [-0.39, 0.29) is 17.1 Å². The molecule has 0 bridgehead atoms. The highest BCUT2D eigenvalue weighted by Gasteiger charge is 2.23. The van der Waals surface area contributed by atoms with E-state index in [1.165, 1.54) is 11.8 Å². The molecule has 1 aliphatic heterocycles. The number of methoxy groups -OCH3 is 2. The Hall–Kier alpha value is -2.67. The first-order valence-corrected chi connectivity index (χ1v) is 10.2. The molecule has 1 heterocycles. The smallest absolute Gasteiger partial charge is 0.237 e. The molecule has 2 amide bonds. The van der Waals surface area contributed by atoms with E-state index in [4.69, 9.17) is 9.47 Å². The molecule has 0 aliphatic carbocycles. The predicted octanol–water partition coefficient (Wildman–Crippen LogP) is 3.72. The highest BCUT2D eigenvalue weighted by Crippen LogP contribution is 2.30. The van der Waals surface area contributed by atoms with Crippen LogP contribution in [0.15, 0.2) is 42.5 Å². The Morgan fingerprint density at radius 2 is 2.04 bits per heavy atom. The molecule has 7 heteroatoms. The fraction of sp³-hybridized carbons (Fsp3) is 0.333. The number of ether oxygens (including phenoxy) is 2. The van der Waals surface area contributed by atoms with Gasteiger partial charge in [0.15, 0.2) is 0 Å². The number of fused-ring (bicyclic) bond motifs is 1. The molecule has 0 spiro atoms. The van der Waals surface area contributed by atoms with Gasteiger partial charge < -0.3 is 20.1 Å². The maximum absolute atomic E-state index is 12.4. The number of amides is 2. The lowest BCUT2D eigenvalue weighted by Crippen LogP contribution is -2.24. The quantitative estimate of drug-likeness (QED) is 0.741. The fourth-order valence-electron chi connectivity index (χ4n) is 3.06. The molecule has 2 aromatic carbocycles. The van der Waals surface area contributed by atoms with Crippen LogP contribution in [0.1, 0.15) is 18.4 Å². The third-order valence-electron chi connectivity index (χ3n) is 4.57. The largest absolute Gasteiger partial charge is 0.497 e. The highest BCUT2D eigenvalue weighted by molar-refractivity contribution is 8.00. The summed E-state index contributed by atoms with van der Waals surface area (Å²) in [5.74, 6) is 1.66. The average molecular weight is 401 g/mol. The van der Waals surface area contributed by atoms with Crippen molar-refractivity contribution in [3.8, 4) is 11.5 Å². The first-order valence-electron chi connectivity index (χ1n) is 9.13. The van der Waals surface area contributed by atoms with Gasteiger partial charge in [0.1, 0.15) is 11.5 Å². The summed E-state index contributed by atoms with van der Waals surface area (Å²) in [7, 11) is 3.12. The van der Waals surface area contributed by atoms with Crippen LogP contribution in [0.4, 0.5) is 11.4 Å². The summed E-state index contributed by atoms with van der Waals surface area (Å²) in [6.07, 6.45) is 1.93. The summed E-state index contributed by atoms with van der Waals surface area (Å²) in [5, 5.41) is 5.69. The number of para-hydroxylation sites is 1. The standard InChI is InChI=1S/C21H24N2O4S/c1-26-15-8-9-17(18(13-15)27-2)22-20(24)11-12-28-19-10-7-14-5-3-4-6-16(14)23-21(19)25/h3-6,8-9,13,19H,7,10-12H2,1-2H3,(H,22,24)(H,23,25). The Bertz CT molecular complexity index is 856. The first kappa shape index (κ1) is 20.1. The predicted molar refractivity (Wildman–Crippen MR) is 112 cm³/mol. The zero-order valence-corrected chi connectivity index (χ0v) is 16.8. The Morgan fingerprint density at radius 3 is 2.82 bits per heavy atom. The van der Waals surface area contributed by atoms with Gasteiger partial charge >= 0.3 is 0 Å². The summed E-state index contributed by atoms with van der Waals surface area (Å²) in [6, 6.07) is 13.1. The van der Waals surface area contributed by atoms with Crippen molar-refractivity contribution < 1.29 is 19.1 Å². The van der Waals surface area contributed by atoms with Gasteiger partial charge in [-0.2, -0.15) is 0 Å². The van der Waals surface area contributed by atoms with Crippen molar-refractivity contribution >= 4 is 35.0 Å². The van der Waals surface area contributed by atoms with E-state index in [0.717, 1.165) is 24.1 Å². The Morgan fingerprint density at radius 1 is 1.21 bits per heavy atom. The molecule has 0 aromatic heterocycles. The summed E-state index contributed by atoms with van der Waals surface area (Å²) in [4.78, 5) is 24.7. The molecule has 1 aliphatic rings. The van der Waals surface area contributed by atoms with Crippen LogP contribution in [0.5, 0.6) is 11.5 Å². The zero-order valence-electron chi connectivity index (χ0n) is 16.0. The van der Waals surface area contributed by atoms with Gasteiger partial charge in [-0.3, -0.25) is 9.59 Å². The number of hydrogen-bond acceptors (Lipinski definition) is 5. The van der Waals surface area contributed by atoms with Gasteiger partial charge in [0.05, 0.1) is 25.2 Å². The number of hydrogen-bond donors (Lipinski definition) is 2. The van der Waals surface area contributed by atoms with Crippen LogP contribution in [0.25, 0.3) is 0 Å². The van der Waals surface area contributed by atoms with Crippen molar-refractivity contribution in [1.82, 2.24) is 0 Å². The molecule has 3 rings (SSSR count). The van der Waals surface area contributed by atoms with Gasteiger partial charge in [-0.05, 0) is 36.6 Å². The minimum atomic E-state index is -0.157. The van der Waals surface area contributed by atoms with Crippen LogP contribution in [-0.4, -0.2) is 37.0 Å². The molecular formula is C21H24N2O4S. The van der Waals surface area contributed by atoms with E-state index in [1.54, 1.807) is 32.4 Å². The molecule has 28 heavy (non-hydrogen) atoms. The van der Waals surface area contributed by atoms with Crippen molar-refractivity contribution in [2.45, 2.75) is 24.5 Å². The van der Waals surface area contributed by atoms with E-state index in [1.807, 2.05) is 24.3 Å². The molecular weight excluding hydrogens is 376 g/mol. The average Bonchev–Trinajstić information content (AvgIpc) is 2.87. The summed E-state index contributed by atoms with van der Waals surface area (Å²) in [5.41, 5.74) is 2.64. The van der Waals surface area contributed by atoms with Crippen molar-refractivity contribution in [1.29, 1.82) is 0 Å². The SMILES string of the molecule is COc1ccc(NC(=O)CCSC2CCc3ccccc3NC2=O)c(OC)c1. The van der Waals surface area contributed by atoms with Crippen molar-refractivity contribution in [3.63, 3.8) is 0 Å². The van der Waals surface area contributed by atoms with E-state index in [2.05, 4.69) is 10.6 Å². The molecule has 148 valence electrons. The lowest BCUT2D eigenvalue weighted by molar-refractivity contribution is -0.116. The highest BCUT2D eigenvalue weighted by atomic mass is 32.2. The topological polar surface area (TPSA) is 76.7 Å². The number of aryl methyl sites for hydroxylation is 1. The molecule has 0 saturated carbocycles. The molecule has 1 unspecified atom stereocenters. The Labute approximate surface area is 169 Å². The summed E-state index contributed by atoms with van der Waals surface area (Å²) >= 11 is 1.52. The van der Waals surface area contributed by atoms with E-state index < -0.39 is 0 Å². The number of anilines is 2. The van der Waals surface area contributed by atoms with Crippen molar-refractivity contribution in [2.75, 3.05) is 30.6 Å². The second kappa shape index (κ2) is 9.50. The Kier molecular flexibility index (Phi) is 6.81. The van der Waals surface area contributed by atoms with Crippen LogP contribution in [0.3, 0.4) is 0 Å². The first-order chi connectivity index (χ1) is 13.6.